The van der Waals surface area contributed by atoms with Crippen molar-refractivity contribution in [2.75, 3.05) is 32.8 Å². The number of nitrogens with one attached hydrogen (secondary N) is 1. The predicted octanol–water partition coefficient (Wildman–Crippen LogP) is 3.71. The van der Waals surface area contributed by atoms with Gasteiger partial charge in [-0.3, -0.25) is 19.2 Å². The molecule has 1 spiro atoms. The Morgan fingerprint density at radius 2 is 1.96 bits per heavy atom. The second-order valence-corrected chi connectivity index (χ2v) is 12.3. The van der Waals surface area contributed by atoms with Gasteiger partial charge in [0.25, 0.3) is 0 Å². The van der Waals surface area contributed by atoms with Gasteiger partial charge in [-0.25, -0.2) is 0 Å². The van der Waals surface area contributed by atoms with Crippen molar-refractivity contribution in [3.05, 3.63) is 61.2 Å². The summed E-state index contributed by atoms with van der Waals surface area (Å²) in [5.74, 6) is -2.94. The van der Waals surface area contributed by atoms with E-state index in [-0.39, 0.29) is 43.8 Å². The van der Waals surface area contributed by atoms with Crippen LogP contribution in [0.25, 0.3) is 0 Å². The molecule has 0 saturated carbocycles. The van der Waals surface area contributed by atoms with Crippen LogP contribution in [0.5, 0.6) is 0 Å². The van der Waals surface area contributed by atoms with E-state index in [1.807, 2.05) is 30.3 Å². The summed E-state index contributed by atoms with van der Waals surface area (Å²) >= 11 is 0. The van der Waals surface area contributed by atoms with E-state index in [0.717, 1.165) is 24.8 Å². The molecule has 10 heteroatoms. The average molecular weight is 624 g/mol. The van der Waals surface area contributed by atoms with Gasteiger partial charge in [0.15, 0.2) is 0 Å². The molecule has 3 saturated heterocycles. The molecule has 1 aromatic carbocycles. The van der Waals surface area contributed by atoms with Crippen molar-refractivity contribution in [1.29, 1.82) is 0 Å². The van der Waals surface area contributed by atoms with E-state index in [2.05, 4.69) is 25.4 Å². The molecule has 1 aromatic rings. The first-order chi connectivity index (χ1) is 21.8. The number of esters is 1. The number of benzene rings is 1. The zero-order valence-corrected chi connectivity index (χ0v) is 26.5. The summed E-state index contributed by atoms with van der Waals surface area (Å²) in [6.45, 7) is 10.8. The van der Waals surface area contributed by atoms with Crippen LogP contribution in [-0.4, -0.2) is 89.1 Å². The highest BCUT2D eigenvalue weighted by atomic mass is 16.6. The van der Waals surface area contributed by atoms with Crippen LogP contribution in [0.15, 0.2) is 55.6 Å². The number of ether oxygens (including phenoxy) is 2. The number of hydrogen-bond donors (Lipinski definition) is 2. The molecule has 6 atom stereocenters. The first-order valence-electron chi connectivity index (χ1n) is 16.4. The Bertz CT molecular complexity index is 1210. The molecular weight excluding hydrogens is 574 g/mol. The number of carbonyl (C=O) groups is 4. The van der Waals surface area contributed by atoms with Gasteiger partial charge in [0.2, 0.25) is 17.7 Å². The van der Waals surface area contributed by atoms with Crippen LogP contribution in [0.4, 0.5) is 0 Å². The van der Waals surface area contributed by atoms with Crippen molar-refractivity contribution in [2.24, 2.45) is 11.8 Å². The highest BCUT2D eigenvalue weighted by Gasteiger charge is 2.75. The molecule has 2 N–H and O–H groups in total. The van der Waals surface area contributed by atoms with E-state index in [9.17, 15) is 24.3 Å². The number of likely N-dealkylation sites (tertiary alicyclic amines) is 1. The van der Waals surface area contributed by atoms with E-state index >= 15 is 0 Å². The van der Waals surface area contributed by atoms with Gasteiger partial charge in [-0.1, -0.05) is 62.2 Å². The monoisotopic (exact) mass is 623 g/mol. The molecule has 3 aliphatic rings. The zero-order valence-electron chi connectivity index (χ0n) is 26.5. The number of amides is 3. The van der Waals surface area contributed by atoms with Crippen molar-refractivity contribution < 1.29 is 33.8 Å². The SMILES string of the molecule is C=CCCC(=O)NC[C@@H](OC(=O)[C@@H]1[C@H]2C(=O)N(CCCCO)[C@H](C(=O)N(CC=C)CCCCC)[C@]23CC[C@H]1O3)c1ccccc1. The summed E-state index contributed by atoms with van der Waals surface area (Å²) in [5, 5.41) is 12.3. The standard InChI is InChI=1S/C35H49N3O7/c1-4-7-12-21-37(20-6-3)33(42)31-35-19-18-26(45-35)29(30(35)32(41)38(31)22-13-14-23-39)34(43)44-27(25-15-10-9-11-16-25)24-36-28(40)17-8-5-2/h5-6,9-11,15-16,26-27,29-31,39H,2-4,7-8,12-14,17-24H2,1H3,(H,36,40)/t26-,27-,29+,30+,31-,35+/m1/s1. The van der Waals surface area contributed by atoms with Crippen LogP contribution >= 0.6 is 0 Å². The molecule has 4 rings (SSSR count). The second kappa shape index (κ2) is 16.2. The fourth-order valence-corrected chi connectivity index (χ4v) is 7.15. The number of fused-ring (bicyclic) bond motifs is 1. The first-order valence-corrected chi connectivity index (χ1v) is 16.4. The largest absolute Gasteiger partial charge is 0.455 e. The van der Waals surface area contributed by atoms with Crippen LogP contribution in [0, 0.1) is 11.8 Å². The van der Waals surface area contributed by atoms with Crippen molar-refractivity contribution in [3.63, 3.8) is 0 Å². The minimum absolute atomic E-state index is 0.0205. The zero-order chi connectivity index (χ0) is 32.4. The molecule has 3 amide bonds. The van der Waals surface area contributed by atoms with Gasteiger partial charge in [-0.05, 0) is 44.1 Å². The average Bonchev–Trinajstić information content (AvgIpc) is 3.69. The summed E-state index contributed by atoms with van der Waals surface area (Å²) in [5.41, 5.74) is -0.412. The third-order valence-electron chi connectivity index (χ3n) is 9.30. The van der Waals surface area contributed by atoms with Gasteiger partial charge >= 0.3 is 5.97 Å². The minimum atomic E-state index is -1.13. The Morgan fingerprint density at radius 1 is 1.18 bits per heavy atom. The number of carbonyl (C=O) groups excluding carboxylic acids is 4. The smallest absolute Gasteiger partial charge is 0.313 e. The Kier molecular flexibility index (Phi) is 12.4. The predicted molar refractivity (Wildman–Crippen MR) is 170 cm³/mol. The summed E-state index contributed by atoms with van der Waals surface area (Å²) in [6.07, 6.45) is 7.71. The van der Waals surface area contributed by atoms with Gasteiger partial charge in [0, 0.05) is 32.7 Å². The maximum atomic E-state index is 14.3. The lowest BCUT2D eigenvalue weighted by Crippen LogP contribution is -2.56. The van der Waals surface area contributed by atoms with Crippen LogP contribution in [-0.2, 0) is 28.7 Å². The van der Waals surface area contributed by atoms with Gasteiger partial charge in [0.05, 0.1) is 24.5 Å². The molecule has 0 aliphatic carbocycles. The number of aliphatic hydroxyl groups is 1. The molecule has 10 nitrogen and oxygen atoms in total. The molecule has 3 fully saturated rings. The third-order valence-corrected chi connectivity index (χ3v) is 9.30. The lowest BCUT2D eigenvalue weighted by atomic mass is 9.70. The van der Waals surface area contributed by atoms with E-state index in [1.165, 1.54) is 0 Å². The van der Waals surface area contributed by atoms with Crippen molar-refractivity contribution in [3.8, 4) is 0 Å². The molecule has 246 valence electrons. The van der Waals surface area contributed by atoms with Crippen molar-refractivity contribution >= 4 is 23.7 Å². The number of aliphatic hydroxyl groups excluding tert-OH is 1. The normalized spacial score (nSPS) is 25.5. The van der Waals surface area contributed by atoms with Crippen molar-refractivity contribution in [1.82, 2.24) is 15.1 Å². The highest BCUT2D eigenvalue weighted by Crippen LogP contribution is 2.59. The molecule has 0 aromatic heterocycles. The van der Waals surface area contributed by atoms with E-state index in [0.29, 0.717) is 45.2 Å². The molecular formula is C35H49N3O7. The van der Waals surface area contributed by atoms with Crippen LogP contribution in [0.1, 0.15) is 76.4 Å². The highest BCUT2D eigenvalue weighted by molar-refractivity contribution is 5.98. The summed E-state index contributed by atoms with van der Waals surface area (Å²) in [7, 11) is 0. The lowest BCUT2D eigenvalue weighted by Gasteiger charge is -2.37. The van der Waals surface area contributed by atoms with Crippen LogP contribution in [0.2, 0.25) is 0 Å². The van der Waals surface area contributed by atoms with Gasteiger partial charge < -0.3 is 29.7 Å². The molecule has 2 bridgehead atoms. The van der Waals surface area contributed by atoms with Crippen LogP contribution in [0.3, 0.4) is 0 Å². The van der Waals surface area contributed by atoms with Crippen LogP contribution < -0.4 is 5.32 Å². The number of allylic oxidation sites excluding steroid dienone is 1. The van der Waals surface area contributed by atoms with E-state index in [4.69, 9.17) is 9.47 Å². The van der Waals surface area contributed by atoms with Gasteiger partial charge in [-0.2, -0.15) is 0 Å². The Hall–Kier alpha value is -3.50. The first kappa shape index (κ1) is 34.4. The molecule has 0 radical (unpaired) electrons. The summed E-state index contributed by atoms with van der Waals surface area (Å²) in [6, 6.07) is 8.32. The summed E-state index contributed by atoms with van der Waals surface area (Å²) in [4.78, 5) is 58.3. The fourth-order valence-electron chi connectivity index (χ4n) is 7.15. The van der Waals surface area contributed by atoms with Crippen molar-refractivity contribution in [2.45, 2.75) is 88.6 Å². The third kappa shape index (κ3) is 7.49. The number of rotatable bonds is 19. The maximum absolute atomic E-state index is 14.3. The quantitative estimate of drug-likeness (QED) is 0.137. The summed E-state index contributed by atoms with van der Waals surface area (Å²) < 4.78 is 12.7. The van der Waals surface area contributed by atoms with E-state index < -0.39 is 41.7 Å². The van der Waals surface area contributed by atoms with Gasteiger partial charge in [-0.15, -0.1) is 13.2 Å². The topological polar surface area (TPSA) is 125 Å². The molecule has 45 heavy (non-hydrogen) atoms. The maximum Gasteiger partial charge on any atom is 0.313 e. The number of hydrogen-bond acceptors (Lipinski definition) is 7. The second-order valence-electron chi connectivity index (χ2n) is 12.3. The Labute approximate surface area is 266 Å². The Balaban J connectivity index is 1.60. The minimum Gasteiger partial charge on any atom is -0.455 e. The molecule has 0 unspecified atom stereocenters. The van der Waals surface area contributed by atoms with Gasteiger partial charge in [0.1, 0.15) is 17.7 Å². The fraction of sp³-hybridized carbons (Fsp3) is 0.600. The lowest BCUT2D eigenvalue weighted by molar-refractivity contribution is -0.160. The Morgan fingerprint density at radius 3 is 2.64 bits per heavy atom. The number of unbranched alkanes of at least 4 members (excludes halogenated alkanes) is 3. The van der Waals surface area contributed by atoms with E-state index in [1.54, 1.807) is 22.0 Å². The number of nitrogens with zero attached hydrogens (tertiary/aromatic N) is 2. The molecule has 3 aliphatic heterocycles. The molecule has 3 heterocycles.